The summed E-state index contributed by atoms with van der Waals surface area (Å²) in [5, 5.41) is 0.547. The summed E-state index contributed by atoms with van der Waals surface area (Å²) in [4.78, 5) is 41.7. The molecule has 0 spiro atoms. The molecule has 0 unspecified atom stereocenters. The highest BCUT2D eigenvalue weighted by atomic mass is 79.9. The van der Waals surface area contributed by atoms with Gasteiger partial charge in [0, 0.05) is 25.4 Å². The molecule has 3 rings (SSSR count). The predicted molar refractivity (Wildman–Crippen MR) is 119 cm³/mol. The summed E-state index contributed by atoms with van der Waals surface area (Å²) in [6.07, 6.45) is 1.66. The van der Waals surface area contributed by atoms with Gasteiger partial charge in [0.25, 0.3) is 5.91 Å². The minimum Gasteiger partial charge on any atom is -0.423 e. The van der Waals surface area contributed by atoms with Crippen LogP contribution in [-0.2, 0) is 14.4 Å². The van der Waals surface area contributed by atoms with Crippen LogP contribution < -0.4 is 9.47 Å². The molecule has 2 aromatic rings. The average Bonchev–Trinajstić information content (AvgIpc) is 2.93. The number of carbonyl (C=O) groups excluding carboxylic acids is 3. The number of nitrogens with zero attached hydrogens (tertiary/aromatic N) is 2. The number of thioether (sulfide) groups is 1. The van der Waals surface area contributed by atoms with Gasteiger partial charge in [-0.2, -0.15) is 0 Å². The second-order valence-electron chi connectivity index (χ2n) is 6.24. The quantitative estimate of drug-likeness (QED) is 0.357. The number of likely N-dealkylation sites (N-methyl/N-ethyl adjacent to an activating group) is 1. The second-order valence-corrected chi connectivity index (χ2v) is 8.16. The Bertz CT molecular complexity index is 1080. The van der Waals surface area contributed by atoms with E-state index >= 15 is 0 Å². The molecule has 0 aromatic heterocycles. The van der Waals surface area contributed by atoms with Crippen LogP contribution in [0.3, 0.4) is 0 Å². The van der Waals surface area contributed by atoms with Crippen molar-refractivity contribution in [2.45, 2.75) is 13.8 Å². The predicted octanol–water partition coefficient (Wildman–Crippen LogP) is 4.53. The summed E-state index contributed by atoms with van der Waals surface area (Å²) in [7, 11) is 1.65. The number of rotatable bonds is 4. The Balaban J connectivity index is 1.90. The molecule has 7 nitrogen and oxygen atoms in total. The molecule has 0 atom stereocenters. The van der Waals surface area contributed by atoms with Gasteiger partial charge >= 0.3 is 11.9 Å². The van der Waals surface area contributed by atoms with Gasteiger partial charge in [-0.25, -0.2) is 4.99 Å². The highest BCUT2D eigenvalue weighted by molar-refractivity contribution is 9.10. The van der Waals surface area contributed by atoms with Gasteiger partial charge in [-0.15, -0.1) is 0 Å². The summed E-state index contributed by atoms with van der Waals surface area (Å²) in [5.41, 5.74) is 1.33. The van der Waals surface area contributed by atoms with Crippen LogP contribution in [0, 0.1) is 0 Å². The van der Waals surface area contributed by atoms with Gasteiger partial charge in [0.1, 0.15) is 0 Å². The van der Waals surface area contributed by atoms with E-state index in [0.717, 1.165) is 10.2 Å². The van der Waals surface area contributed by atoms with E-state index in [-0.39, 0.29) is 17.4 Å². The molecule has 1 heterocycles. The molecule has 1 saturated heterocycles. The third-order valence-electron chi connectivity index (χ3n) is 3.83. The summed E-state index contributed by atoms with van der Waals surface area (Å²) in [6, 6.07) is 12.1. The zero-order valence-electron chi connectivity index (χ0n) is 16.3. The fourth-order valence-corrected chi connectivity index (χ4v) is 3.77. The number of halogens is 1. The monoisotopic (exact) mass is 488 g/mol. The molecule has 1 aliphatic rings. The molecule has 1 amide bonds. The fourth-order valence-electron chi connectivity index (χ4n) is 2.52. The SMILES string of the molecule is CC(=O)Oc1ccc(/C=C2\SC(=Nc3ccc(Br)cc3)N(C)C2=O)cc1OC(C)=O. The van der Waals surface area contributed by atoms with Crippen molar-refractivity contribution in [1.29, 1.82) is 0 Å². The number of amidine groups is 1. The molecule has 2 aromatic carbocycles. The van der Waals surface area contributed by atoms with Gasteiger partial charge in [0.05, 0.1) is 10.6 Å². The summed E-state index contributed by atoms with van der Waals surface area (Å²) < 4.78 is 11.1. The van der Waals surface area contributed by atoms with Crippen molar-refractivity contribution in [2.75, 3.05) is 7.05 Å². The van der Waals surface area contributed by atoms with Gasteiger partial charge in [-0.05, 0) is 59.8 Å². The van der Waals surface area contributed by atoms with Gasteiger partial charge < -0.3 is 9.47 Å². The number of carbonyl (C=O) groups is 3. The highest BCUT2D eigenvalue weighted by Crippen LogP contribution is 2.35. The average molecular weight is 489 g/mol. The molecule has 0 bridgehead atoms. The molecule has 9 heteroatoms. The van der Waals surface area contributed by atoms with Crippen LogP contribution in [-0.4, -0.2) is 35.0 Å². The third kappa shape index (κ3) is 5.37. The topological polar surface area (TPSA) is 85.3 Å². The molecule has 0 saturated carbocycles. The lowest BCUT2D eigenvalue weighted by molar-refractivity contribution is -0.134. The minimum absolute atomic E-state index is 0.0969. The smallest absolute Gasteiger partial charge is 0.308 e. The Labute approximate surface area is 185 Å². The zero-order chi connectivity index (χ0) is 21.8. The normalized spacial score (nSPS) is 16.3. The van der Waals surface area contributed by atoms with E-state index in [0.29, 0.717) is 15.6 Å². The first kappa shape index (κ1) is 21.8. The van der Waals surface area contributed by atoms with E-state index < -0.39 is 11.9 Å². The molecular formula is C21H17BrN2O5S. The number of esters is 2. The van der Waals surface area contributed by atoms with Crippen molar-refractivity contribution in [1.82, 2.24) is 4.90 Å². The molecular weight excluding hydrogens is 472 g/mol. The van der Waals surface area contributed by atoms with Crippen LogP contribution >= 0.6 is 27.7 Å². The first-order valence-corrected chi connectivity index (χ1v) is 10.4. The van der Waals surface area contributed by atoms with Gasteiger partial charge in [0.15, 0.2) is 16.7 Å². The number of aliphatic imine (C=N–C) groups is 1. The summed E-state index contributed by atoms with van der Waals surface area (Å²) in [6.45, 7) is 2.50. The van der Waals surface area contributed by atoms with E-state index in [1.54, 1.807) is 19.2 Å². The van der Waals surface area contributed by atoms with Crippen LogP contribution in [0.2, 0.25) is 0 Å². The largest absolute Gasteiger partial charge is 0.423 e. The van der Waals surface area contributed by atoms with E-state index in [1.165, 1.54) is 42.6 Å². The number of hydrogen-bond acceptors (Lipinski definition) is 7. The van der Waals surface area contributed by atoms with Crippen LogP contribution in [0.15, 0.2) is 56.8 Å². The Hall–Kier alpha value is -2.91. The fraction of sp³-hybridized carbons (Fsp3) is 0.143. The second kappa shape index (κ2) is 9.27. The molecule has 1 aliphatic heterocycles. The lowest BCUT2D eigenvalue weighted by Gasteiger charge is -2.09. The lowest BCUT2D eigenvalue weighted by Crippen LogP contribution is -2.23. The maximum atomic E-state index is 12.6. The van der Waals surface area contributed by atoms with Gasteiger partial charge in [-0.1, -0.05) is 22.0 Å². The van der Waals surface area contributed by atoms with Crippen molar-refractivity contribution < 1.29 is 23.9 Å². The minimum atomic E-state index is -0.553. The molecule has 1 fully saturated rings. The van der Waals surface area contributed by atoms with Crippen molar-refractivity contribution in [3.63, 3.8) is 0 Å². The van der Waals surface area contributed by atoms with Crippen molar-refractivity contribution in [3.8, 4) is 11.5 Å². The number of amides is 1. The summed E-state index contributed by atoms with van der Waals surface area (Å²) >= 11 is 4.62. The first-order chi connectivity index (χ1) is 14.2. The number of ether oxygens (including phenoxy) is 2. The van der Waals surface area contributed by atoms with Crippen molar-refractivity contribution in [2.24, 2.45) is 4.99 Å². The van der Waals surface area contributed by atoms with Crippen LogP contribution in [0.25, 0.3) is 6.08 Å². The summed E-state index contributed by atoms with van der Waals surface area (Å²) in [5.74, 6) is -1.07. The van der Waals surface area contributed by atoms with Crippen LogP contribution in [0.1, 0.15) is 19.4 Å². The third-order valence-corrected chi connectivity index (χ3v) is 5.42. The number of benzene rings is 2. The molecule has 154 valence electrons. The Kier molecular flexibility index (Phi) is 6.73. The maximum Gasteiger partial charge on any atom is 0.308 e. The van der Waals surface area contributed by atoms with Crippen molar-refractivity contribution in [3.05, 3.63) is 57.4 Å². The molecule has 0 radical (unpaired) electrons. The standard InChI is InChI=1S/C21H17BrN2O5S/c1-12(25)28-17-9-4-14(10-18(17)29-13(2)26)11-19-20(27)24(3)21(30-19)23-16-7-5-15(22)6-8-16/h4-11H,1-3H3/b19-11-,23-21?. The Morgan fingerprint density at radius 1 is 1.03 bits per heavy atom. The molecule has 30 heavy (non-hydrogen) atoms. The Morgan fingerprint density at radius 3 is 2.30 bits per heavy atom. The van der Waals surface area contributed by atoms with E-state index in [2.05, 4.69) is 20.9 Å². The van der Waals surface area contributed by atoms with E-state index in [1.807, 2.05) is 24.3 Å². The van der Waals surface area contributed by atoms with E-state index in [9.17, 15) is 14.4 Å². The van der Waals surface area contributed by atoms with Gasteiger partial charge in [-0.3, -0.25) is 19.3 Å². The van der Waals surface area contributed by atoms with Gasteiger partial charge in [0.2, 0.25) is 0 Å². The van der Waals surface area contributed by atoms with Crippen LogP contribution in [0.4, 0.5) is 5.69 Å². The first-order valence-electron chi connectivity index (χ1n) is 8.75. The molecule has 0 aliphatic carbocycles. The number of hydrogen-bond donors (Lipinski definition) is 0. The maximum absolute atomic E-state index is 12.6. The zero-order valence-corrected chi connectivity index (χ0v) is 18.7. The van der Waals surface area contributed by atoms with Crippen LogP contribution in [0.5, 0.6) is 11.5 Å². The molecule has 0 N–H and O–H groups in total. The van der Waals surface area contributed by atoms with Crippen molar-refractivity contribution >= 4 is 62.5 Å². The highest BCUT2D eigenvalue weighted by Gasteiger charge is 2.30. The lowest BCUT2D eigenvalue weighted by atomic mass is 10.2. The Morgan fingerprint density at radius 2 is 1.67 bits per heavy atom. The van der Waals surface area contributed by atoms with E-state index in [4.69, 9.17) is 9.47 Å².